The Morgan fingerprint density at radius 2 is 2.05 bits per heavy atom. The van der Waals surface area contributed by atoms with Crippen molar-refractivity contribution in [1.82, 2.24) is 10.1 Å². The molecule has 1 aliphatic carbocycles. The summed E-state index contributed by atoms with van der Waals surface area (Å²) in [5, 5.41) is 12.8. The van der Waals surface area contributed by atoms with Crippen molar-refractivity contribution in [3.05, 3.63) is 47.1 Å². The molecule has 0 aliphatic heterocycles. The van der Waals surface area contributed by atoms with Crippen LogP contribution in [0.1, 0.15) is 54.4 Å². The van der Waals surface area contributed by atoms with Crippen LogP contribution < -0.4 is 0 Å². The molecule has 0 radical (unpaired) electrons. The van der Waals surface area contributed by atoms with E-state index in [1.54, 1.807) is 0 Å². The Hall–Kier alpha value is -2.15. The number of benzene rings is 1. The molecular formula is C16H17N3O. The van der Waals surface area contributed by atoms with E-state index in [9.17, 15) is 0 Å². The molecule has 1 aromatic heterocycles. The van der Waals surface area contributed by atoms with E-state index < -0.39 is 0 Å². The van der Waals surface area contributed by atoms with Crippen molar-refractivity contribution in [1.29, 1.82) is 5.26 Å². The van der Waals surface area contributed by atoms with Crippen LogP contribution in [-0.2, 0) is 12.8 Å². The molecule has 1 atom stereocenters. The highest BCUT2D eigenvalue weighted by Crippen LogP contribution is 2.33. The predicted octanol–water partition coefficient (Wildman–Crippen LogP) is 3.36. The lowest BCUT2D eigenvalue weighted by Gasteiger charge is -2.02. The van der Waals surface area contributed by atoms with Crippen molar-refractivity contribution in [3.63, 3.8) is 0 Å². The number of hydrogen-bond acceptors (Lipinski definition) is 4. The first-order chi connectivity index (χ1) is 9.78. The second kappa shape index (κ2) is 5.46. The van der Waals surface area contributed by atoms with Gasteiger partial charge in [0, 0.05) is 18.3 Å². The minimum Gasteiger partial charge on any atom is -0.339 e. The first-order valence-corrected chi connectivity index (χ1v) is 7.05. The van der Waals surface area contributed by atoms with Crippen molar-refractivity contribution in [2.45, 2.75) is 44.4 Å². The van der Waals surface area contributed by atoms with Gasteiger partial charge in [-0.05, 0) is 30.4 Å². The summed E-state index contributed by atoms with van der Waals surface area (Å²) in [6.07, 6.45) is 3.26. The first-order valence-electron chi connectivity index (χ1n) is 7.05. The van der Waals surface area contributed by atoms with Gasteiger partial charge in [0.05, 0.1) is 6.07 Å². The number of nitrogens with zero attached hydrogens (tertiary/aromatic N) is 3. The smallest absolute Gasteiger partial charge is 0.229 e. The van der Waals surface area contributed by atoms with E-state index in [2.05, 4.69) is 40.5 Å². The molecule has 0 saturated carbocycles. The Balaban J connectivity index is 1.71. The lowest BCUT2D eigenvalue weighted by atomic mass is 10.0. The van der Waals surface area contributed by atoms with Gasteiger partial charge < -0.3 is 4.52 Å². The standard InChI is InChI=1S/C16H17N3O/c1-11(5-4-8-17)16-18-15(19-20-16)14-9-12-6-2-3-7-13(12)10-14/h2-3,6-7,11,14H,4-5,9-10H2,1H3. The third kappa shape index (κ3) is 2.44. The van der Waals surface area contributed by atoms with E-state index in [0.29, 0.717) is 18.2 Å². The van der Waals surface area contributed by atoms with E-state index >= 15 is 0 Å². The fraction of sp³-hybridized carbons (Fsp3) is 0.438. The van der Waals surface area contributed by atoms with Crippen LogP contribution in [0.15, 0.2) is 28.8 Å². The SMILES string of the molecule is CC(CCC#N)c1nc(C2Cc3ccccc3C2)no1. The topological polar surface area (TPSA) is 62.7 Å². The minimum atomic E-state index is 0.152. The second-order valence-corrected chi connectivity index (χ2v) is 5.46. The van der Waals surface area contributed by atoms with Gasteiger partial charge >= 0.3 is 0 Å². The molecule has 3 rings (SSSR count). The van der Waals surface area contributed by atoms with Crippen molar-refractivity contribution < 1.29 is 4.52 Å². The largest absolute Gasteiger partial charge is 0.339 e. The van der Waals surface area contributed by atoms with Crippen LogP contribution in [0.2, 0.25) is 0 Å². The summed E-state index contributed by atoms with van der Waals surface area (Å²) in [6, 6.07) is 10.6. The zero-order valence-corrected chi connectivity index (χ0v) is 11.5. The molecule has 102 valence electrons. The highest BCUT2D eigenvalue weighted by atomic mass is 16.5. The Kier molecular flexibility index (Phi) is 3.51. The molecule has 4 heteroatoms. The summed E-state index contributed by atoms with van der Waals surface area (Å²) < 4.78 is 5.36. The van der Waals surface area contributed by atoms with Gasteiger partial charge in [-0.2, -0.15) is 10.2 Å². The number of fused-ring (bicyclic) bond motifs is 1. The van der Waals surface area contributed by atoms with Crippen molar-refractivity contribution in [2.75, 3.05) is 0 Å². The predicted molar refractivity (Wildman–Crippen MR) is 74.2 cm³/mol. The van der Waals surface area contributed by atoms with Crippen LogP contribution in [0.4, 0.5) is 0 Å². The van der Waals surface area contributed by atoms with E-state index in [1.807, 2.05) is 6.92 Å². The first kappa shape index (κ1) is 12.9. The van der Waals surface area contributed by atoms with Crippen LogP contribution >= 0.6 is 0 Å². The molecule has 1 aromatic carbocycles. The summed E-state index contributed by atoms with van der Waals surface area (Å²) >= 11 is 0. The van der Waals surface area contributed by atoms with Crippen LogP contribution in [0.25, 0.3) is 0 Å². The van der Waals surface area contributed by atoms with Crippen molar-refractivity contribution >= 4 is 0 Å². The summed E-state index contributed by atoms with van der Waals surface area (Å²) in [7, 11) is 0. The molecule has 0 N–H and O–H groups in total. The fourth-order valence-electron chi connectivity index (χ4n) is 2.76. The van der Waals surface area contributed by atoms with E-state index in [-0.39, 0.29) is 5.92 Å². The molecule has 1 unspecified atom stereocenters. The maximum atomic E-state index is 8.62. The van der Waals surface area contributed by atoms with Gasteiger partial charge in [-0.25, -0.2) is 0 Å². The lowest BCUT2D eigenvalue weighted by Crippen LogP contribution is -2.01. The molecule has 1 aliphatic rings. The van der Waals surface area contributed by atoms with Crippen LogP contribution in [-0.4, -0.2) is 10.1 Å². The van der Waals surface area contributed by atoms with E-state index in [4.69, 9.17) is 9.78 Å². The Morgan fingerprint density at radius 1 is 1.35 bits per heavy atom. The number of nitriles is 1. The third-order valence-electron chi connectivity index (χ3n) is 3.98. The molecule has 0 spiro atoms. The third-order valence-corrected chi connectivity index (χ3v) is 3.98. The van der Waals surface area contributed by atoms with Crippen LogP contribution in [0.5, 0.6) is 0 Å². The average Bonchev–Trinajstić information content (AvgIpc) is 3.10. The Morgan fingerprint density at radius 3 is 2.70 bits per heavy atom. The quantitative estimate of drug-likeness (QED) is 0.852. The van der Waals surface area contributed by atoms with Crippen LogP contribution in [0, 0.1) is 11.3 Å². The Bertz CT molecular complexity index is 616. The lowest BCUT2D eigenvalue weighted by molar-refractivity contribution is 0.348. The summed E-state index contributed by atoms with van der Waals surface area (Å²) in [6.45, 7) is 2.03. The monoisotopic (exact) mass is 267 g/mol. The minimum absolute atomic E-state index is 0.152. The van der Waals surface area contributed by atoms with Gasteiger partial charge in [0.1, 0.15) is 0 Å². The molecule has 0 fully saturated rings. The summed E-state index contributed by atoms with van der Waals surface area (Å²) in [5.41, 5.74) is 2.78. The molecule has 0 amide bonds. The highest BCUT2D eigenvalue weighted by Gasteiger charge is 2.27. The van der Waals surface area contributed by atoms with Crippen molar-refractivity contribution in [3.8, 4) is 6.07 Å². The molecule has 2 aromatic rings. The molecule has 20 heavy (non-hydrogen) atoms. The number of rotatable bonds is 4. The average molecular weight is 267 g/mol. The number of aromatic nitrogens is 2. The van der Waals surface area contributed by atoms with Gasteiger partial charge in [0.25, 0.3) is 0 Å². The zero-order chi connectivity index (χ0) is 13.9. The number of hydrogen-bond donors (Lipinski definition) is 0. The van der Waals surface area contributed by atoms with Crippen LogP contribution in [0.3, 0.4) is 0 Å². The second-order valence-electron chi connectivity index (χ2n) is 5.46. The fourth-order valence-corrected chi connectivity index (χ4v) is 2.76. The maximum Gasteiger partial charge on any atom is 0.229 e. The van der Waals surface area contributed by atoms with E-state index in [0.717, 1.165) is 25.1 Å². The maximum absolute atomic E-state index is 8.62. The van der Waals surface area contributed by atoms with E-state index in [1.165, 1.54) is 11.1 Å². The molecule has 0 saturated heterocycles. The Labute approximate surface area is 118 Å². The zero-order valence-electron chi connectivity index (χ0n) is 11.5. The van der Waals surface area contributed by atoms with Gasteiger partial charge in [0.15, 0.2) is 5.82 Å². The molecule has 0 bridgehead atoms. The normalized spacial score (nSPS) is 15.8. The summed E-state index contributed by atoms with van der Waals surface area (Å²) in [5.74, 6) is 1.94. The van der Waals surface area contributed by atoms with Gasteiger partial charge in [-0.15, -0.1) is 0 Å². The molecular weight excluding hydrogens is 250 g/mol. The molecule has 1 heterocycles. The van der Waals surface area contributed by atoms with Gasteiger partial charge in [0.2, 0.25) is 5.89 Å². The molecule has 4 nitrogen and oxygen atoms in total. The van der Waals surface area contributed by atoms with Gasteiger partial charge in [-0.1, -0.05) is 36.3 Å². The van der Waals surface area contributed by atoms with Gasteiger partial charge in [-0.3, -0.25) is 0 Å². The highest BCUT2D eigenvalue weighted by molar-refractivity contribution is 5.34. The van der Waals surface area contributed by atoms with Crippen molar-refractivity contribution in [2.24, 2.45) is 0 Å². The summed E-state index contributed by atoms with van der Waals surface area (Å²) in [4.78, 5) is 4.54.